The number of nitrogens with zero attached hydrogens (tertiary/aromatic N) is 3. The Morgan fingerprint density at radius 3 is 2.85 bits per heavy atom. The molecule has 0 aliphatic heterocycles. The van der Waals surface area contributed by atoms with Crippen LogP contribution < -0.4 is 5.43 Å². The molecule has 0 saturated heterocycles. The first kappa shape index (κ1) is 16.1. The Kier molecular flexibility index (Phi) is 4.04. The lowest BCUT2D eigenvalue weighted by atomic mass is 10.3. The third kappa shape index (κ3) is 3.23. The fraction of sp³-hybridized carbons (Fsp3) is 0.211. The summed E-state index contributed by atoms with van der Waals surface area (Å²) >= 11 is 0. The maximum Gasteiger partial charge on any atom is 0.295 e. The lowest BCUT2D eigenvalue weighted by Gasteiger charge is -1.99. The van der Waals surface area contributed by atoms with Crippen LogP contribution in [0.15, 0.2) is 58.2 Å². The zero-order valence-corrected chi connectivity index (χ0v) is 14.2. The number of rotatable bonds is 5. The number of para-hydroxylation sites is 1. The van der Waals surface area contributed by atoms with E-state index in [2.05, 4.69) is 22.5 Å². The smallest absolute Gasteiger partial charge is 0.295 e. The summed E-state index contributed by atoms with van der Waals surface area (Å²) in [5, 5.41) is 17.9. The number of aromatic nitrogens is 2. The van der Waals surface area contributed by atoms with Crippen molar-refractivity contribution in [2.75, 3.05) is 0 Å². The molecule has 3 aromatic rings. The van der Waals surface area contributed by atoms with Gasteiger partial charge in [0.25, 0.3) is 5.91 Å². The minimum Gasteiger partial charge on any atom is -0.504 e. The highest BCUT2D eigenvalue weighted by molar-refractivity contribution is 5.95. The lowest BCUT2D eigenvalue weighted by Crippen LogP contribution is -2.18. The first-order valence-corrected chi connectivity index (χ1v) is 8.39. The van der Waals surface area contributed by atoms with E-state index in [1.54, 1.807) is 0 Å². The van der Waals surface area contributed by atoms with Crippen LogP contribution in [0.5, 0.6) is 5.75 Å². The van der Waals surface area contributed by atoms with Crippen molar-refractivity contribution in [2.45, 2.75) is 19.3 Å². The second-order valence-corrected chi connectivity index (χ2v) is 6.40. The van der Waals surface area contributed by atoms with Crippen LogP contribution in [0.2, 0.25) is 0 Å². The highest BCUT2D eigenvalue weighted by atomic mass is 16.3. The number of nitrogens with one attached hydrogen (secondary N) is 1. The summed E-state index contributed by atoms with van der Waals surface area (Å²) in [6.45, 7) is 2.18. The number of hydrogen-bond donors (Lipinski definition) is 2. The van der Waals surface area contributed by atoms with Crippen LogP contribution >= 0.6 is 0 Å². The van der Waals surface area contributed by atoms with E-state index in [-0.39, 0.29) is 11.4 Å². The standard InChI is InChI=1S/C19H18N4O3/c1-12-9-15(12)17-8-7-14(26-17)10-20-21-19(25)18-16(24)11-23(22-18)13-5-3-2-4-6-13/h2-8,10-12,15,24H,9H2,1H3,(H,21,25)/b20-10-/t12-,15-/m1/s1. The topological polar surface area (TPSA) is 92.7 Å². The fourth-order valence-corrected chi connectivity index (χ4v) is 2.80. The fourth-order valence-electron chi connectivity index (χ4n) is 2.80. The van der Waals surface area contributed by atoms with Crippen molar-refractivity contribution < 1.29 is 14.3 Å². The predicted octanol–water partition coefficient (Wildman–Crippen LogP) is 3.06. The van der Waals surface area contributed by atoms with Gasteiger partial charge in [-0.2, -0.15) is 10.2 Å². The molecule has 2 aromatic heterocycles. The Morgan fingerprint density at radius 2 is 2.12 bits per heavy atom. The summed E-state index contributed by atoms with van der Waals surface area (Å²) in [6.07, 6.45) is 3.95. The molecular formula is C19H18N4O3. The molecule has 2 atom stereocenters. The van der Waals surface area contributed by atoms with Gasteiger partial charge in [-0.15, -0.1) is 0 Å². The molecule has 7 nitrogen and oxygen atoms in total. The van der Waals surface area contributed by atoms with Crippen molar-refractivity contribution >= 4 is 12.1 Å². The van der Waals surface area contributed by atoms with E-state index < -0.39 is 5.91 Å². The average Bonchev–Trinajstić information content (AvgIpc) is 3.05. The summed E-state index contributed by atoms with van der Waals surface area (Å²) in [6, 6.07) is 13.0. The molecular weight excluding hydrogens is 332 g/mol. The molecule has 132 valence electrons. The summed E-state index contributed by atoms with van der Waals surface area (Å²) in [5.41, 5.74) is 2.99. The Morgan fingerprint density at radius 1 is 1.35 bits per heavy atom. The molecule has 1 aromatic carbocycles. The molecule has 2 heterocycles. The molecule has 4 rings (SSSR count). The minimum atomic E-state index is -0.601. The summed E-state index contributed by atoms with van der Waals surface area (Å²) in [5.74, 6) is 1.85. The van der Waals surface area contributed by atoms with Crippen LogP contribution in [0.4, 0.5) is 0 Å². The van der Waals surface area contributed by atoms with Crippen LogP contribution in [-0.4, -0.2) is 27.0 Å². The van der Waals surface area contributed by atoms with Gasteiger partial charge in [-0.05, 0) is 36.6 Å². The SMILES string of the molecule is C[C@@H]1C[C@H]1c1ccc(/C=N\NC(=O)c2nn(-c3ccccc3)cc2O)o1. The lowest BCUT2D eigenvalue weighted by molar-refractivity contribution is 0.0947. The van der Waals surface area contributed by atoms with Crippen molar-refractivity contribution in [1.82, 2.24) is 15.2 Å². The van der Waals surface area contributed by atoms with Crippen molar-refractivity contribution in [3.05, 3.63) is 65.9 Å². The van der Waals surface area contributed by atoms with Crippen LogP contribution in [0.1, 0.15) is 41.3 Å². The van der Waals surface area contributed by atoms with Gasteiger partial charge in [0.1, 0.15) is 11.5 Å². The van der Waals surface area contributed by atoms with Gasteiger partial charge in [0.05, 0.1) is 18.1 Å². The number of amides is 1. The van der Waals surface area contributed by atoms with Gasteiger partial charge in [0, 0.05) is 5.92 Å². The van der Waals surface area contributed by atoms with Gasteiger partial charge >= 0.3 is 0 Å². The number of aromatic hydroxyl groups is 1. The number of hydrogen-bond acceptors (Lipinski definition) is 5. The maximum absolute atomic E-state index is 12.2. The molecule has 26 heavy (non-hydrogen) atoms. The normalized spacial score (nSPS) is 19.0. The third-order valence-corrected chi connectivity index (χ3v) is 4.41. The van der Waals surface area contributed by atoms with Crippen molar-refractivity contribution in [3.63, 3.8) is 0 Å². The van der Waals surface area contributed by atoms with Crippen LogP contribution in [0.3, 0.4) is 0 Å². The zero-order chi connectivity index (χ0) is 18.1. The summed E-state index contributed by atoms with van der Waals surface area (Å²) in [4.78, 5) is 12.2. The summed E-state index contributed by atoms with van der Waals surface area (Å²) < 4.78 is 7.12. The van der Waals surface area contributed by atoms with E-state index in [4.69, 9.17) is 4.42 Å². The van der Waals surface area contributed by atoms with Crippen molar-refractivity contribution in [1.29, 1.82) is 0 Å². The maximum atomic E-state index is 12.2. The molecule has 1 aliphatic carbocycles. The highest BCUT2D eigenvalue weighted by Gasteiger charge is 2.36. The Bertz CT molecular complexity index is 958. The molecule has 0 bridgehead atoms. The second kappa shape index (κ2) is 6.51. The van der Waals surface area contributed by atoms with E-state index >= 15 is 0 Å². The van der Waals surface area contributed by atoms with Gasteiger partial charge < -0.3 is 9.52 Å². The number of carbonyl (C=O) groups is 1. The molecule has 1 amide bonds. The van der Waals surface area contributed by atoms with Gasteiger partial charge in [-0.25, -0.2) is 10.1 Å². The van der Waals surface area contributed by atoms with Gasteiger partial charge in [0.15, 0.2) is 11.4 Å². The van der Waals surface area contributed by atoms with E-state index in [1.165, 1.54) is 17.1 Å². The number of hydrazone groups is 1. The Hall–Kier alpha value is -3.35. The van der Waals surface area contributed by atoms with Crippen molar-refractivity contribution in [3.8, 4) is 11.4 Å². The van der Waals surface area contributed by atoms with E-state index in [0.717, 1.165) is 17.9 Å². The van der Waals surface area contributed by atoms with E-state index in [1.807, 2.05) is 42.5 Å². The summed E-state index contributed by atoms with van der Waals surface area (Å²) in [7, 11) is 0. The second-order valence-electron chi connectivity index (χ2n) is 6.40. The van der Waals surface area contributed by atoms with Crippen LogP contribution in [0, 0.1) is 5.92 Å². The van der Waals surface area contributed by atoms with Crippen molar-refractivity contribution in [2.24, 2.45) is 11.0 Å². The van der Waals surface area contributed by atoms with Gasteiger partial charge in [0.2, 0.25) is 0 Å². The Balaban J connectivity index is 1.42. The van der Waals surface area contributed by atoms with Crippen LogP contribution in [0.25, 0.3) is 5.69 Å². The van der Waals surface area contributed by atoms with Crippen LogP contribution in [-0.2, 0) is 0 Å². The molecule has 1 fully saturated rings. The zero-order valence-electron chi connectivity index (χ0n) is 14.2. The molecule has 0 radical (unpaired) electrons. The third-order valence-electron chi connectivity index (χ3n) is 4.41. The molecule has 2 N–H and O–H groups in total. The average molecular weight is 350 g/mol. The first-order valence-electron chi connectivity index (χ1n) is 8.39. The molecule has 1 saturated carbocycles. The molecule has 1 aliphatic rings. The molecule has 7 heteroatoms. The number of furan rings is 1. The van der Waals surface area contributed by atoms with E-state index in [9.17, 15) is 9.90 Å². The highest BCUT2D eigenvalue weighted by Crippen LogP contribution is 2.47. The molecule has 0 unspecified atom stereocenters. The van der Waals surface area contributed by atoms with E-state index in [0.29, 0.717) is 17.6 Å². The van der Waals surface area contributed by atoms with Gasteiger partial charge in [-0.3, -0.25) is 4.79 Å². The number of carbonyl (C=O) groups excluding carboxylic acids is 1. The monoisotopic (exact) mass is 350 g/mol. The predicted molar refractivity (Wildman–Crippen MR) is 95.5 cm³/mol. The Labute approximate surface area is 150 Å². The minimum absolute atomic E-state index is 0.0991. The quantitative estimate of drug-likeness (QED) is 0.546. The number of benzene rings is 1. The first-order chi connectivity index (χ1) is 12.6. The largest absolute Gasteiger partial charge is 0.504 e. The van der Waals surface area contributed by atoms with Gasteiger partial charge in [-0.1, -0.05) is 25.1 Å². The molecule has 0 spiro atoms.